The van der Waals surface area contributed by atoms with Gasteiger partial charge >= 0.3 is 0 Å². The van der Waals surface area contributed by atoms with Crippen molar-refractivity contribution in [2.24, 2.45) is 0 Å². The Labute approximate surface area is 145 Å². The number of benzene rings is 2. The molecule has 0 bridgehead atoms. The van der Waals surface area contributed by atoms with Crippen molar-refractivity contribution in [1.29, 1.82) is 5.26 Å². The number of hydrogen-bond donors (Lipinski definition) is 1. The van der Waals surface area contributed by atoms with Gasteiger partial charge in [-0.25, -0.2) is 4.39 Å². The number of nitriles is 1. The molecule has 26 heavy (non-hydrogen) atoms. The Hall–Kier alpha value is -4.13. The van der Waals surface area contributed by atoms with Crippen molar-refractivity contribution in [2.45, 2.75) is 0 Å². The van der Waals surface area contributed by atoms with Crippen LogP contribution in [-0.2, 0) is 4.79 Å². The summed E-state index contributed by atoms with van der Waals surface area (Å²) >= 11 is 0. The van der Waals surface area contributed by atoms with E-state index < -0.39 is 38.5 Å². The summed E-state index contributed by atoms with van der Waals surface area (Å²) in [5, 5.41) is 32.5. The minimum atomic E-state index is -0.981. The zero-order chi connectivity index (χ0) is 19.3. The molecule has 1 amide bonds. The first kappa shape index (κ1) is 18.2. The monoisotopic (exact) mass is 356 g/mol. The topological polar surface area (TPSA) is 139 Å². The molecule has 0 heterocycles. The van der Waals surface area contributed by atoms with Crippen molar-refractivity contribution in [1.82, 2.24) is 0 Å². The molecule has 0 aromatic heterocycles. The van der Waals surface area contributed by atoms with Gasteiger partial charge in [0.1, 0.15) is 17.5 Å². The average Bonchev–Trinajstić information content (AvgIpc) is 2.61. The number of amides is 1. The molecule has 0 fully saturated rings. The van der Waals surface area contributed by atoms with E-state index in [1.165, 1.54) is 24.3 Å². The lowest BCUT2D eigenvalue weighted by molar-refractivity contribution is -0.385. The van der Waals surface area contributed by atoms with Crippen LogP contribution in [0.5, 0.6) is 0 Å². The van der Waals surface area contributed by atoms with Crippen molar-refractivity contribution in [2.75, 3.05) is 5.32 Å². The van der Waals surface area contributed by atoms with Gasteiger partial charge in [-0.05, 0) is 29.8 Å². The number of nitrogens with zero attached hydrogens (tertiary/aromatic N) is 3. The summed E-state index contributed by atoms with van der Waals surface area (Å²) in [7, 11) is 0. The number of nitro benzene ring substituents is 2. The van der Waals surface area contributed by atoms with Gasteiger partial charge in [-0.15, -0.1) is 0 Å². The van der Waals surface area contributed by atoms with Crippen molar-refractivity contribution < 1.29 is 19.0 Å². The third-order valence-electron chi connectivity index (χ3n) is 3.19. The molecule has 0 spiro atoms. The van der Waals surface area contributed by atoms with Gasteiger partial charge in [-0.2, -0.15) is 5.26 Å². The van der Waals surface area contributed by atoms with Crippen LogP contribution in [0.15, 0.2) is 48.0 Å². The van der Waals surface area contributed by atoms with Gasteiger partial charge in [0.2, 0.25) is 0 Å². The first-order valence-corrected chi connectivity index (χ1v) is 6.93. The van der Waals surface area contributed by atoms with Crippen LogP contribution in [0.4, 0.5) is 21.5 Å². The highest BCUT2D eigenvalue weighted by Crippen LogP contribution is 2.22. The Morgan fingerprint density at radius 1 is 1.08 bits per heavy atom. The van der Waals surface area contributed by atoms with E-state index in [2.05, 4.69) is 5.32 Å². The molecular weight excluding hydrogens is 347 g/mol. The van der Waals surface area contributed by atoms with Crippen LogP contribution in [0.25, 0.3) is 6.08 Å². The number of halogens is 1. The summed E-state index contributed by atoms with van der Waals surface area (Å²) in [6.07, 6.45) is 1.15. The summed E-state index contributed by atoms with van der Waals surface area (Å²) < 4.78 is 13.7. The van der Waals surface area contributed by atoms with Crippen LogP contribution in [0.2, 0.25) is 0 Å². The summed E-state index contributed by atoms with van der Waals surface area (Å²) in [6, 6.07) is 9.25. The molecule has 0 atom stereocenters. The van der Waals surface area contributed by atoms with Crippen LogP contribution in [0.1, 0.15) is 5.56 Å². The molecule has 0 radical (unpaired) electrons. The Morgan fingerprint density at radius 2 is 1.65 bits per heavy atom. The molecule has 2 aromatic rings. The molecule has 1 N–H and O–H groups in total. The molecule has 0 aliphatic heterocycles. The Morgan fingerprint density at radius 3 is 2.19 bits per heavy atom. The summed E-state index contributed by atoms with van der Waals surface area (Å²) in [5.41, 5.74) is -1.12. The second-order valence-electron chi connectivity index (χ2n) is 4.89. The minimum absolute atomic E-state index is 0.163. The Bertz CT molecular complexity index is 964. The number of rotatable bonds is 5. The number of non-ortho nitro benzene ring substituents is 2. The highest BCUT2D eigenvalue weighted by molar-refractivity contribution is 6.09. The fourth-order valence-electron chi connectivity index (χ4n) is 1.92. The maximum Gasteiger partial charge on any atom is 0.271 e. The predicted molar refractivity (Wildman–Crippen MR) is 88.4 cm³/mol. The van der Waals surface area contributed by atoms with E-state index in [4.69, 9.17) is 5.26 Å². The molecule has 0 aliphatic carbocycles. The molecule has 130 valence electrons. The molecule has 0 unspecified atom stereocenters. The highest BCUT2D eigenvalue weighted by Gasteiger charge is 2.16. The third kappa shape index (κ3) is 4.24. The second kappa shape index (κ2) is 7.63. The standard InChI is InChI=1S/C16H9FN4O5/c17-14-6-5-13(21(25)26)8-15(14)19-16(22)11(9-18)7-10-1-3-12(4-2-10)20(23)24/h1-8H,(H,19,22)/b11-7+. The normalized spacial score (nSPS) is 10.7. The van der Waals surface area contributed by atoms with Crippen molar-refractivity contribution in [3.05, 3.63) is 79.6 Å². The number of hydrogen-bond acceptors (Lipinski definition) is 6. The Kier molecular flexibility index (Phi) is 5.34. The van der Waals surface area contributed by atoms with Crippen molar-refractivity contribution >= 4 is 29.0 Å². The van der Waals surface area contributed by atoms with E-state index in [0.717, 1.165) is 24.3 Å². The lowest BCUT2D eigenvalue weighted by atomic mass is 10.1. The van der Waals surface area contributed by atoms with Crippen LogP contribution in [-0.4, -0.2) is 15.8 Å². The number of nitro groups is 2. The third-order valence-corrected chi connectivity index (χ3v) is 3.19. The molecule has 2 aromatic carbocycles. The molecule has 0 aliphatic rings. The summed E-state index contributed by atoms with van der Waals surface area (Å²) in [5.74, 6) is -1.89. The number of nitrogens with one attached hydrogen (secondary N) is 1. The molecule has 9 nitrogen and oxygen atoms in total. The van der Waals surface area contributed by atoms with Gasteiger partial charge in [0.15, 0.2) is 0 Å². The van der Waals surface area contributed by atoms with Crippen LogP contribution in [0.3, 0.4) is 0 Å². The van der Waals surface area contributed by atoms with Gasteiger partial charge in [0, 0.05) is 24.3 Å². The first-order valence-electron chi connectivity index (χ1n) is 6.93. The lowest BCUT2D eigenvalue weighted by Gasteiger charge is -2.05. The van der Waals surface area contributed by atoms with E-state index in [1.54, 1.807) is 6.07 Å². The van der Waals surface area contributed by atoms with E-state index in [1.807, 2.05) is 0 Å². The van der Waals surface area contributed by atoms with Crippen LogP contribution < -0.4 is 5.32 Å². The van der Waals surface area contributed by atoms with Crippen molar-refractivity contribution in [3.8, 4) is 6.07 Å². The fraction of sp³-hybridized carbons (Fsp3) is 0. The molecule has 10 heteroatoms. The van der Waals surface area contributed by atoms with Gasteiger partial charge in [-0.1, -0.05) is 0 Å². The SMILES string of the molecule is N#C/C(=C\c1ccc([N+](=O)[O-])cc1)C(=O)Nc1cc([N+](=O)[O-])ccc1F. The maximum absolute atomic E-state index is 13.7. The molecule has 0 saturated carbocycles. The maximum atomic E-state index is 13.7. The lowest BCUT2D eigenvalue weighted by Crippen LogP contribution is -2.14. The highest BCUT2D eigenvalue weighted by atomic mass is 19.1. The van der Waals surface area contributed by atoms with Gasteiger partial charge in [-0.3, -0.25) is 25.0 Å². The summed E-state index contributed by atoms with van der Waals surface area (Å²) in [6.45, 7) is 0. The minimum Gasteiger partial charge on any atom is -0.319 e. The van der Waals surface area contributed by atoms with Crippen LogP contribution in [0, 0.1) is 37.4 Å². The van der Waals surface area contributed by atoms with Gasteiger partial charge in [0.25, 0.3) is 17.3 Å². The molecule has 2 rings (SSSR count). The quantitative estimate of drug-likeness (QED) is 0.378. The largest absolute Gasteiger partial charge is 0.319 e. The van der Waals surface area contributed by atoms with E-state index in [0.29, 0.717) is 5.56 Å². The smallest absolute Gasteiger partial charge is 0.271 e. The first-order chi connectivity index (χ1) is 12.3. The van der Waals surface area contributed by atoms with E-state index >= 15 is 0 Å². The van der Waals surface area contributed by atoms with Gasteiger partial charge in [0.05, 0.1) is 15.5 Å². The average molecular weight is 356 g/mol. The molecular formula is C16H9FN4O5. The predicted octanol–water partition coefficient (Wildman–Crippen LogP) is 3.19. The van der Waals surface area contributed by atoms with Crippen molar-refractivity contribution in [3.63, 3.8) is 0 Å². The Balaban J connectivity index is 2.26. The zero-order valence-corrected chi connectivity index (χ0v) is 12.9. The summed E-state index contributed by atoms with van der Waals surface area (Å²) in [4.78, 5) is 32.1. The fourth-order valence-corrected chi connectivity index (χ4v) is 1.92. The van der Waals surface area contributed by atoms with Crippen LogP contribution >= 0.6 is 0 Å². The van der Waals surface area contributed by atoms with Gasteiger partial charge < -0.3 is 5.32 Å². The van der Waals surface area contributed by atoms with E-state index in [9.17, 15) is 29.4 Å². The zero-order valence-electron chi connectivity index (χ0n) is 12.9. The number of carbonyl (C=O) groups excluding carboxylic acids is 1. The number of anilines is 1. The molecule has 0 saturated heterocycles. The van der Waals surface area contributed by atoms with E-state index in [-0.39, 0.29) is 5.69 Å². The number of carbonyl (C=O) groups is 1. The second-order valence-corrected chi connectivity index (χ2v) is 4.89.